The number of carbonyl (C=O) groups excluding carboxylic acids is 2. The number of hydrogen-bond acceptors (Lipinski definition) is 11. The van der Waals surface area contributed by atoms with Crippen molar-refractivity contribution in [3.05, 3.63) is 89.2 Å². The number of pyridine rings is 2. The summed E-state index contributed by atoms with van der Waals surface area (Å²) in [5.74, 6) is -0.802. The van der Waals surface area contributed by atoms with Crippen LogP contribution in [-0.2, 0) is 36.8 Å². The fourth-order valence-corrected chi connectivity index (χ4v) is 6.62. The number of hydrogen-bond donors (Lipinski definition) is 1. The van der Waals surface area contributed by atoms with Gasteiger partial charge in [0.2, 0.25) is 9.84 Å². The molecule has 3 aromatic heterocycles. The molecular weight excluding hydrogens is 684 g/mol. The molecular formula is C33H36F3N5O6S2. The molecule has 0 radical (unpaired) electrons. The van der Waals surface area contributed by atoms with Crippen molar-refractivity contribution in [1.82, 2.24) is 20.3 Å². The minimum absolute atomic E-state index is 0.0116. The van der Waals surface area contributed by atoms with Gasteiger partial charge in [0, 0.05) is 23.7 Å². The third-order valence-electron chi connectivity index (χ3n) is 6.35. The molecule has 1 atom stereocenters. The van der Waals surface area contributed by atoms with Crippen LogP contribution in [0, 0.1) is 0 Å². The Balaban J connectivity index is 1.68. The first-order chi connectivity index (χ1) is 22.7. The summed E-state index contributed by atoms with van der Waals surface area (Å²) in [6.45, 7) is 9.42. The number of anilines is 1. The normalized spacial score (nSPS) is 13.1. The zero-order valence-electron chi connectivity index (χ0n) is 27.6. The Hall–Kier alpha value is -4.41. The molecule has 0 aliphatic heterocycles. The summed E-state index contributed by atoms with van der Waals surface area (Å²) in [4.78, 5) is 39.3. The van der Waals surface area contributed by atoms with Crippen LogP contribution in [0.3, 0.4) is 0 Å². The third-order valence-corrected chi connectivity index (χ3v) is 9.09. The van der Waals surface area contributed by atoms with Crippen molar-refractivity contribution < 1.29 is 40.7 Å². The van der Waals surface area contributed by atoms with Crippen LogP contribution in [0.2, 0.25) is 0 Å². The summed E-state index contributed by atoms with van der Waals surface area (Å²) in [5, 5.41) is 2.40. The molecule has 16 heteroatoms. The van der Waals surface area contributed by atoms with E-state index in [0.29, 0.717) is 11.1 Å². The van der Waals surface area contributed by atoms with Crippen molar-refractivity contribution in [2.45, 2.75) is 75.9 Å². The Morgan fingerprint density at radius 3 is 2.14 bits per heavy atom. The topological polar surface area (TPSA) is 141 Å². The molecule has 0 aliphatic carbocycles. The lowest BCUT2D eigenvalue weighted by Gasteiger charge is -2.28. The Bertz CT molecular complexity index is 1870. The highest BCUT2D eigenvalue weighted by molar-refractivity contribution is 7.91. The highest BCUT2D eigenvalue weighted by Crippen LogP contribution is 2.34. The fraction of sp³-hybridized carbons (Fsp3) is 0.364. The number of alkyl halides is 3. The largest absolute Gasteiger partial charge is 0.459 e. The molecule has 1 N–H and O–H groups in total. The van der Waals surface area contributed by atoms with Gasteiger partial charge in [0.25, 0.3) is 0 Å². The lowest BCUT2D eigenvalue weighted by molar-refractivity contribution is -0.153. The van der Waals surface area contributed by atoms with Gasteiger partial charge in [-0.2, -0.15) is 13.2 Å². The molecule has 0 spiro atoms. The number of carbonyl (C=O) groups is 2. The minimum Gasteiger partial charge on any atom is -0.459 e. The standard InChI is InChI=1S/C33H36F3N5O6S2/c1-31(2,3)46-27(42)19-41(30(43)47-32(4,5)6)25-11-9-10-23(39-25)29(49(44,45)26-12-7-8-17-37-26)38-18-21-13-15-22(16-14-21)28-40-24(20-48-28)33(34,35)36/h7-17,20,29,38H,18-19H2,1-6H3. The Kier molecular flexibility index (Phi) is 11.1. The highest BCUT2D eigenvalue weighted by Gasteiger charge is 2.35. The molecule has 0 fully saturated rings. The summed E-state index contributed by atoms with van der Waals surface area (Å²) >= 11 is 0.859. The van der Waals surface area contributed by atoms with E-state index >= 15 is 0 Å². The van der Waals surface area contributed by atoms with Crippen LogP contribution in [0.5, 0.6) is 0 Å². The maximum Gasteiger partial charge on any atom is 0.434 e. The van der Waals surface area contributed by atoms with Gasteiger partial charge in [0.05, 0.1) is 5.69 Å². The van der Waals surface area contributed by atoms with E-state index in [1.807, 2.05) is 0 Å². The number of amides is 1. The van der Waals surface area contributed by atoms with Crippen molar-refractivity contribution in [2.24, 2.45) is 0 Å². The summed E-state index contributed by atoms with van der Waals surface area (Å²) in [6, 6.07) is 15.2. The van der Waals surface area contributed by atoms with Gasteiger partial charge in [-0.15, -0.1) is 11.3 Å². The second-order valence-corrected chi connectivity index (χ2v) is 15.6. The first-order valence-electron chi connectivity index (χ1n) is 14.9. The van der Waals surface area contributed by atoms with Crippen LogP contribution in [0.15, 0.2) is 77.3 Å². The zero-order chi connectivity index (χ0) is 36.2. The number of benzene rings is 1. The quantitative estimate of drug-likeness (QED) is 0.171. The summed E-state index contributed by atoms with van der Waals surface area (Å²) < 4.78 is 78.0. The maximum absolute atomic E-state index is 14.0. The van der Waals surface area contributed by atoms with E-state index in [1.165, 1.54) is 36.5 Å². The van der Waals surface area contributed by atoms with Gasteiger partial charge < -0.3 is 9.47 Å². The number of nitrogens with one attached hydrogen (secondary N) is 1. The molecule has 4 aromatic rings. The monoisotopic (exact) mass is 719 g/mol. The van der Waals surface area contributed by atoms with Gasteiger partial charge in [0.15, 0.2) is 16.1 Å². The number of rotatable bonds is 10. The smallest absolute Gasteiger partial charge is 0.434 e. The van der Waals surface area contributed by atoms with E-state index in [2.05, 4.69) is 20.3 Å². The second kappa shape index (κ2) is 14.6. The number of aromatic nitrogens is 3. The van der Waals surface area contributed by atoms with Gasteiger partial charge in [0.1, 0.15) is 28.6 Å². The highest BCUT2D eigenvalue weighted by atomic mass is 32.2. The summed E-state index contributed by atoms with van der Waals surface area (Å²) in [7, 11) is -4.25. The van der Waals surface area contributed by atoms with E-state index < -0.39 is 56.9 Å². The first-order valence-corrected chi connectivity index (χ1v) is 17.4. The van der Waals surface area contributed by atoms with Crippen molar-refractivity contribution in [3.63, 3.8) is 0 Å². The SMILES string of the molecule is CC(C)(C)OC(=O)CN(C(=O)OC(C)(C)C)c1cccc(C(NCc2ccc(-c3nc(C(F)(F)F)cs3)cc2)S(=O)(=O)c2ccccn2)n1. The first kappa shape index (κ1) is 37.4. The number of esters is 1. The minimum atomic E-state index is -4.56. The van der Waals surface area contributed by atoms with E-state index in [1.54, 1.807) is 71.9 Å². The predicted molar refractivity (Wildman–Crippen MR) is 177 cm³/mol. The predicted octanol–water partition coefficient (Wildman–Crippen LogP) is 6.96. The average Bonchev–Trinajstić information content (AvgIpc) is 3.51. The van der Waals surface area contributed by atoms with Gasteiger partial charge in [-0.05, 0) is 71.4 Å². The molecule has 1 amide bonds. The van der Waals surface area contributed by atoms with Gasteiger partial charge in [-0.25, -0.2) is 28.2 Å². The zero-order valence-corrected chi connectivity index (χ0v) is 29.2. The molecule has 1 aromatic carbocycles. The van der Waals surface area contributed by atoms with Crippen LogP contribution >= 0.6 is 11.3 Å². The Morgan fingerprint density at radius 2 is 1.57 bits per heavy atom. The number of nitrogens with zero attached hydrogens (tertiary/aromatic N) is 4. The molecule has 49 heavy (non-hydrogen) atoms. The van der Waals surface area contributed by atoms with Crippen LogP contribution in [-0.4, -0.2) is 53.2 Å². The number of halogens is 3. The van der Waals surface area contributed by atoms with Crippen molar-refractivity contribution >= 4 is 39.1 Å². The van der Waals surface area contributed by atoms with Gasteiger partial charge in [-0.1, -0.05) is 36.4 Å². The van der Waals surface area contributed by atoms with E-state index in [0.717, 1.165) is 21.6 Å². The summed E-state index contributed by atoms with van der Waals surface area (Å²) in [6.07, 6.45) is -4.12. The molecule has 0 saturated carbocycles. The third kappa shape index (κ3) is 10.3. The van der Waals surface area contributed by atoms with Gasteiger partial charge >= 0.3 is 18.2 Å². The molecule has 3 heterocycles. The van der Waals surface area contributed by atoms with Crippen molar-refractivity contribution in [2.75, 3.05) is 11.4 Å². The van der Waals surface area contributed by atoms with Crippen LogP contribution < -0.4 is 10.2 Å². The molecule has 0 bridgehead atoms. The number of sulfone groups is 1. The van der Waals surface area contributed by atoms with Gasteiger partial charge in [-0.3, -0.25) is 15.0 Å². The van der Waals surface area contributed by atoms with Crippen molar-refractivity contribution in [3.8, 4) is 10.6 Å². The van der Waals surface area contributed by atoms with Crippen LogP contribution in [0.25, 0.3) is 10.6 Å². The average molecular weight is 720 g/mol. The van der Waals surface area contributed by atoms with E-state index in [4.69, 9.17) is 9.47 Å². The lowest BCUT2D eigenvalue weighted by atomic mass is 10.1. The fourth-order valence-electron chi connectivity index (χ4n) is 4.32. The molecule has 0 saturated heterocycles. The Labute approximate surface area is 286 Å². The molecule has 0 aliphatic rings. The summed E-state index contributed by atoms with van der Waals surface area (Å²) in [5.41, 5.74) is -1.70. The molecule has 4 rings (SSSR count). The van der Waals surface area contributed by atoms with E-state index in [9.17, 15) is 31.2 Å². The van der Waals surface area contributed by atoms with Crippen LogP contribution in [0.1, 0.15) is 63.9 Å². The lowest BCUT2D eigenvalue weighted by Crippen LogP contribution is -2.42. The number of thiazole rings is 1. The number of ether oxygens (including phenoxy) is 2. The van der Waals surface area contributed by atoms with Crippen molar-refractivity contribution in [1.29, 1.82) is 0 Å². The second-order valence-electron chi connectivity index (χ2n) is 12.8. The maximum atomic E-state index is 14.0. The van der Waals surface area contributed by atoms with Crippen LogP contribution in [0.4, 0.5) is 23.8 Å². The molecule has 262 valence electrons. The Morgan fingerprint density at radius 1 is 0.898 bits per heavy atom. The van der Waals surface area contributed by atoms with E-state index in [-0.39, 0.29) is 28.1 Å². The molecule has 11 nitrogen and oxygen atoms in total. The molecule has 1 unspecified atom stereocenters.